The van der Waals surface area contributed by atoms with Gasteiger partial charge < -0.3 is 5.32 Å². The molecule has 0 saturated heterocycles. The Balaban J connectivity index is 1.49. The van der Waals surface area contributed by atoms with Gasteiger partial charge in [-0.25, -0.2) is 4.98 Å². The highest BCUT2D eigenvalue weighted by atomic mass is 32.2. The number of carbonyl (C=O) groups excluding carboxylic acids is 1. The molecule has 33 heavy (non-hydrogen) atoms. The van der Waals surface area contributed by atoms with Crippen LogP contribution in [-0.2, 0) is 17.8 Å². The maximum Gasteiger partial charge on any atom is 0.262 e. The van der Waals surface area contributed by atoms with Gasteiger partial charge in [-0.3, -0.25) is 14.2 Å². The summed E-state index contributed by atoms with van der Waals surface area (Å²) in [5, 5.41) is 12.8. The van der Waals surface area contributed by atoms with Gasteiger partial charge in [-0.2, -0.15) is 5.26 Å². The van der Waals surface area contributed by atoms with Crippen LogP contribution >= 0.6 is 11.8 Å². The van der Waals surface area contributed by atoms with Crippen molar-refractivity contribution < 1.29 is 4.79 Å². The molecule has 6 nitrogen and oxygen atoms in total. The highest BCUT2D eigenvalue weighted by Gasteiger charge is 2.13. The Morgan fingerprint density at radius 2 is 1.73 bits per heavy atom. The number of rotatable bonds is 8. The smallest absolute Gasteiger partial charge is 0.262 e. The van der Waals surface area contributed by atoms with E-state index in [4.69, 9.17) is 5.26 Å². The van der Waals surface area contributed by atoms with Crippen LogP contribution in [0, 0.1) is 11.3 Å². The number of hydrogen-bond donors (Lipinski definition) is 1. The molecular weight excluding hydrogens is 432 g/mol. The van der Waals surface area contributed by atoms with E-state index in [9.17, 15) is 9.59 Å². The molecule has 0 bridgehead atoms. The summed E-state index contributed by atoms with van der Waals surface area (Å²) in [5.41, 5.74) is 2.89. The van der Waals surface area contributed by atoms with E-state index in [1.807, 2.05) is 42.5 Å². The van der Waals surface area contributed by atoms with Gasteiger partial charge in [0, 0.05) is 12.2 Å². The van der Waals surface area contributed by atoms with E-state index < -0.39 is 0 Å². The lowest BCUT2D eigenvalue weighted by Crippen LogP contribution is -2.24. The number of nitrogens with zero attached hydrogens (tertiary/aromatic N) is 3. The van der Waals surface area contributed by atoms with Crippen LogP contribution in [0.1, 0.15) is 17.5 Å². The Hall–Kier alpha value is -3.89. The number of para-hydroxylation sites is 1. The molecule has 0 aliphatic rings. The monoisotopic (exact) mass is 454 g/mol. The second-order valence-corrected chi connectivity index (χ2v) is 8.43. The highest BCUT2D eigenvalue weighted by Crippen LogP contribution is 2.19. The maximum absolute atomic E-state index is 13.2. The molecule has 7 heteroatoms. The first kappa shape index (κ1) is 22.3. The van der Waals surface area contributed by atoms with Gasteiger partial charge in [-0.1, -0.05) is 54.2 Å². The number of fused-ring (bicyclic) bond motifs is 1. The molecule has 0 atom stereocenters. The number of anilines is 1. The molecule has 0 unspecified atom stereocenters. The van der Waals surface area contributed by atoms with Crippen LogP contribution in [0.2, 0.25) is 0 Å². The van der Waals surface area contributed by atoms with Crippen LogP contribution in [0.3, 0.4) is 0 Å². The minimum atomic E-state index is -0.206. The fourth-order valence-electron chi connectivity index (χ4n) is 3.50. The summed E-state index contributed by atoms with van der Waals surface area (Å²) in [5.74, 6) is -0.0911. The van der Waals surface area contributed by atoms with E-state index in [1.165, 1.54) is 17.3 Å². The van der Waals surface area contributed by atoms with Gasteiger partial charge in [0.25, 0.3) is 5.56 Å². The van der Waals surface area contributed by atoms with Gasteiger partial charge in [-0.05, 0) is 54.8 Å². The van der Waals surface area contributed by atoms with Crippen LogP contribution in [0.15, 0.2) is 88.8 Å². The Bertz CT molecular complexity index is 1360. The van der Waals surface area contributed by atoms with Crippen molar-refractivity contribution in [1.82, 2.24) is 9.55 Å². The van der Waals surface area contributed by atoms with Crippen molar-refractivity contribution >= 4 is 34.3 Å². The summed E-state index contributed by atoms with van der Waals surface area (Å²) < 4.78 is 1.67. The molecule has 1 N–H and O–H groups in total. The second-order valence-electron chi connectivity index (χ2n) is 7.48. The number of aryl methyl sites for hydroxylation is 1. The molecule has 0 radical (unpaired) electrons. The summed E-state index contributed by atoms with van der Waals surface area (Å²) in [6.45, 7) is 0.519. The quantitative estimate of drug-likeness (QED) is 0.310. The minimum absolute atomic E-state index is 0.0938. The summed E-state index contributed by atoms with van der Waals surface area (Å²) in [7, 11) is 0. The minimum Gasteiger partial charge on any atom is -0.325 e. The van der Waals surface area contributed by atoms with E-state index in [-0.39, 0.29) is 17.2 Å². The lowest BCUT2D eigenvalue weighted by Gasteiger charge is -2.13. The molecule has 3 aromatic carbocycles. The number of amides is 1. The van der Waals surface area contributed by atoms with E-state index in [1.54, 1.807) is 34.9 Å². The summed E-state index contributed by atoms with van der Waals surface area (Å²) >= 11 is 1.24. The number of nitriles is 1. The van der Waals surface area contributed by atoms with E-state index in [2.05, 4.69) is 22.4 Å². The van der Waals surface area contributed by atoms with Crippen LogP contribution in [0.25, 0.3) is 10.9 Å². The molecule has 1 aromatic heterocycles. The van der Waals surface area contributed by atoms with Crippen LogP contribution in [-0.4, -0.2) is 21.2 Å². The molecule has 0 fully saturated rings. The lowest BCUT2D eigenvalue weighted by atomic mass is 10.1. The molecule has 1 heterocycles. The zero-order valence-electron chi connectivity index (χ0n) is 17.9. The van der Waals surface area contributed by atoms with Gasteiger partial charge in [0.05, 0.1) is 28.3 Å². The topological polar surface area (TPSA) is 87.8 Å². The van der Waals surface area contributed by atoms with Crippen molar-refractivity contribution in [1.29, 1.82) is 5.26 Å². The zero-order valence-corrected chi connectivity index (χ0v) is 18.7. The molecule has 4 aromatic rings. The predicted molar refractivity (Wildman–Crippen MR) is 131 cm³/mol. The number of benzene rings is 3. The van der Waals surface area contributed by atoms with Crippen LogP contribution < -0.4 is 10.9 Å². The van der Waals surface area contributed by atoms with Gasteiger partial charge in [0.15, 0.2) is 5.16 Å². The molecule has 0 aliphatic heterocycles. The van der Waals surface area contributed by atoms with Crippen LogP contribution in [0.4, 0.5) is 5.69 Å². The first-order chi connectivity index (χ1) is 16.1. The van der Waals surface area contributed by atoms with Gasteiger partial charge >= 0.3 is 0 Å². The SMILES string of the molecule is N#Cc1ccc(NC(=O)CSc2nc3ccccc3c(=O)n2CCCc2ccccc2)cc1. The third-order valence-electron chi connectivity index (χ3n) is 5.15. The molecule has 1 amide bonds. The van der Waals surface area contributed by atoms with Crippen molar-refractivity contribution in [3.05, 3.63) is 100 Å². The molecule has 0 aliphatic carbocycles. The standard InChI is InChI=1S/C26H22N4O2S/c27-17-20-12-14-21(15-13-20)28-24(31)18-33-26-29-23-11-5-4-10-22(23)25(32)30(26)16-6-9-19-7-2-1-3-8-19/h1-5,7-8,10-15H,6,9,16,18H2,(H,28,31). The number of thioether (sulfide) groups is 1. The van der Waals surface area contributed by atoms with Crippen molar-refractivity contribution in [3.8, 4) is 6.07 Å². The fourth-order valence-corrected chi connectivity index (χ4v) is 4.32. The Morgan fingerprint density at radius 3 is 2.48 bits per heavy atom. The van der Waals surface area contributed by atoms with Gasteiger partial charge in [0.1, 0.15) is 0 Å². The second kappa shape index (κ2) is 10.6. The van der Waals surface area contributed by atoms with E-state index >= 15 is 0 Å². The largest absolute Gasteiger partial charge is 0.325 e. The van der Waals surface area contributed by atoms with Crippen molar-refractivity contribution in [2.75, 3.05) is 11.1 Å². The molecule has 164 valence electrons. The highest BCUT2D eigenvalue weighted by molar-refractivity contribution is 7.99. The molecule has 4 rings (SSSR count). The number of nitrogens with one attached hydrogen (secondary N) is 1. The summed E-state index contributed by atoms with van der Waals surface area (Å²) in [6.07, 6.45) is 1.64. The lowest BCUT2D eigenvalue weighted by molar-refractivity contribution is -0.113. The number of carbonyl (C=O) groups is 1. The first-order valence-corrected chi connectivity index (χ1v) is 11.6. The summed E-state index contributed by atoms with van der Waals surface area (Å²) in [4.78, 5) is 30.3. The molecule has 0 spiro atoms. The third kappa shape index (κ3) is 5.68. The fraction of sp³-hybridized carbons (Fsp3) is 0.154. The summed E-state index contributed by atoms with van der Waals surface area (Å²) in [6, 6.07) is 26.1. The normalized spacial score (nSPS) is 10.6. The van der Waals surface area contributed by atoms with E-state index in [0.29, 0.717) is 33.9 Å². The average molecular weight is 455 g/mol. The number of aromatic nitrogens is 2. The maximum atomic E-state index is 13.2. The van der Waals surface area contributed by atoms with Crippen molar-refractivity contribution in [2.45, 2.75) is 24.5 Å². The van der Waals surface area contributed by atoms with E-state index in [0.717, 1.165) is 12.8 Å². The first-order valence-electron chi connectivity index (χ1n) is 10.6. The van der Waals surface area contributed by atoms with Crippen LogP contribution in [0.5, 0.6) is 0 Å². The Kier molecular flexibility index (Phi) is 7.18. The zero-order chi connectivity index (χ0) is 23.0. The molecular formula is C26H22N4O2S. The van der Waals surface area contributed by atoms with Crippen molar-refractivity contribution in [3.63, 3.8) is 0 Å². The molecule has 0 saturated carbocycles. The van der Waals surface area contributed by atoms with Gasteiger partial charge in [-0.15, -0.1) is 0 Å². The Labute approximate surface area is 195 Å². The predicted octanol–water partition coefficient (Wildman–Crippen LogP) is 4.63. The van der Waals surface area contributed by atoms with Gasteiger partial charge in [0.2, 0.25) is 5.91 Å². The van der Waals surface area contributed by atoms with Crippen molar-refractivity contribution in [2.24, 2.45) is 0 Å². The average Bonchev–Trinajstić information content (AvgIpc) is 2.85. The third-order valence-corrected chi connectivity index (χ3v) is 6.12. The Morgan fingerprint density at radius 1 is 1.00 bits per heavy atom. The number of hydrogen-bond acceptors (Lipinski definition) is 5.